The van der Waals surface area contributed by atoms with Crippen LogP contribution in [-0.4, -0.2) is 22.9 Å². The van der Waals surface area contributed by atoms with Crippen molar-refractivity contribution < 1.29 is 10.2 Å². The predicted octanol–water partition coefficient (Wildman–Crippen LogP) is 1.17. The van der Waals surface area contributed by atoms with E-state index in [2.05, 4.69) is 0 Å². The lowest BCUT2D eigenvalue weighted by Crippen LogP contribution is -2.21. The summed E-state index contributed by atoms with van der Waals surface area (Å²) in [7, 11) is 0. The molecule has 2 unspecified atom stereocenters. The number of nitrogens with two attached hydrogens (primary N) is 2. The summed E-state index contributed by atoms with van der Waals surface area (Å²) in [4.78, 5) is 0. The number of aliphatic hydroxyl groups is 2. The zero-order valence-corrected chi connectivity index (χ0v) is 10.1. The Kier molecular flexibility index (Phi) is 3.81. The predicted molar refractivity (Wildman–Crippen MR) is 73.0 cm³/mol. The molecule has 2 rings (SSSR count). The Bertz CT molecular complexity index is 542. The first kappa shape index (κ1) is 12.8. The van der Waals surface area contributed by atoms with E-state index >= 15 is 0 Å². The lowest BCUT2D eigenvalue weighted by Gasteiger charge is -2.18. The van der Waals surface area contributed by atoms with Crippen molar-refractivity contribution in [2.45, 2.75) is 18.6 Å². The number of hydrogen-bond acceptors (Lipinski definition) is 4. The fourth-order valence-corrected chi connectivity index (χ4v) is 2.02. The van der Waals surface area contributed by atoms with Crippen LogP contribution < -0.4 is 11.5 Å². The standard InChI is InChI=1S/C14H18N2O2/c15-6-5-13(17)14(18)11-2-1-10-8-12(16)4-3-9(10)7-11/h1-4,7-8,13-14,17-18H,5-6,15-16H2. The molecule has 0 fully saturated rings. The molecule has 0 heterocycles. The molecule has 0 radical (unpaired) electrons. The molecule has 6 N–H and O–H groups in total. The van der Waals surface area contributed by atoms with Crippen LogP contribution in [-0.2, 0) is 0 Å². The second-order valence-electron chi connectivity index (χ2n) is 4.46. The number of aliphatic hydroxyl groups excluding tert-OH is 2. The highest BCUT2D eigenvalue weighted by Crippen LogP contribution is 2.24. The minimum atomic E-state index is -0.907. The Morgan fingerprint density at radius 2 is 1.67 bits per heavy atom. The molecule has 4 heteroatoms. The van der Waals surface area contributed by atoms with E-state index in [0.29, 0.717) is 24.2 Å². The lowest BCUT2D eigenvalue weighted by atomic mass is 9.99. The lowest BCUT2D eigenvalue weighted by molar-refractivity contribution is 0.0151. The van der Waals surface area contributed by atoms with Crippen LogP contribution in [0, 0.1) is 0 Å². The van der Waals surface area contributed by atoms with E-state index in [4.69, 9.17) is 11.5 Å². The zero-order valence-electron chi connectivity index (χ0n) is 10.1. The second kappa shape index (κ2) is 5.35. The van der Waals surface area contributed by atoms with Gasteiger partial charge in [-0.15, -0.1) is 0 Å². The summed E-state index contributed by atoms with van der Waals surface area (Å²) in [6, 6.07) is 11.1. The van der Waals surface area contributed by atoms with Gasteiger partial charge >= 0.3 is 0 Å². The van der Waals surface area contributed by atoms with Crippen molar-refractivity contribution in [3.8, 4) is 0 Å². The highest BCUT2D eigenvalue weighted by Gasteiger charge is 2.17. The Labute approximate surface area is 106 Å². The van der Waals surface area contributed by atoms with Crippen molar-refractivity contribution in [2.75, 3.05) is 12.3 Å². The summed E-state index contributed by atoms with van der Waals surface area (Å²) in [5.41, 5.74) is 12.5. The number of benzene rings is 2. The molecule has 2 atom stereocenters. The van der Waals surface area contributed by atoms with Crippen molar-refractivity contribution in [3.63, 3.8) is 0 Å². The van der Waals surface area contributed by atoms with Crippen LogP contribution in [0.25, 0.3) is 10.8 Å². The normalized spacial score (nSPS) is 14.6. The Morgan fingerprint density at radius 3 is 2.39 bits per heavy atom. The highest BCUT2D eigenvalue weighted by molar-refractivity contribution is 5.86. The number of hydrogen-bond donors (Lipinski definition) is 4. The Balaban J connectivity index is 2.32. The first-order valence-electron chi connectivity index (χ1n) is 5.97. The number of rotatable bonds is 4. The van der Waals surface area contributed by atoms with Crippen LogP contribution in [0.1, 0.15) is 18.1 Å². The minimum Gasteiger partial charge on any atom is -0.399 e. The van der Waals surface area contributed by atoms with Gasteiger partial charge in [-0.1, -0.05) is 18.2 Å². The quantitative estimate of drug-likeness (QED) is 0.609. The molecule has 0 aromatic heterocycles. The molecule has 2 aromatic rings. The van der Waals surface area contributed by atoms with E-state index in [1.807, 2.05) is 30.3 Å². The van der Waals surface area contributed by atoms with Crippen LogP contribution in [0.5, 0.6) is 0 Å². The average molecular weight is 246 g/mol. The molecule has 0 amide bonds. The first-order chi connectivity index (χ1) is 8.61. The fraction of sp³-hybridized carbons (Fsp3) is 0.286. The van der Waals surface area contributed by atoms with E-state index < -0.39 is 12.2 Å². The molecular formula is C14H18N2O2. The molecule has 0 saturated carbocycles. The zero-order chi connectivity index (χ0) is 13.1. The smallest absolute Gasteiger partial charge is 0.105 e. The van der Waals surface area contributed by atoms with Crippen LogP contribution in [0.3, 0.4) is 0 Å². The Morgan fingerprint density at radius 1 is 1.00 bits per heavy atom. The van der Waals surface area contributed by atoms with E-state index in [0.717, 1.165) is 10.8 Å². The maximum Gasteiger partial charge on any atom is 0.105 e. The Hall–Kier alpha value is -1.62. The molecule has 0 spiro atoms. The van der Waals surface area contributed by atoms with Gasteiger partial charge in [0.2, 0.25) is 0 Å². The van der Waals surface area contributed by atoms with Gasteiger partial charge in [-0.3, -0.25) is 0 Å². The van der Waals surface area contributed by atoms with Crippen molar-refractivity contribution in [1.82, 2.24) is 0 Å². The third-order valence-corrected chi connectivity index (χ3v) is 3.06. The second-order valence-corrected chi connectivity index (χ2v) is 4.46. The molecule has 0 bridgehead atoms. The maximum atomic E-state index is 10.0. The molecule has 18 heavy (non-hydrogen) atoms. The van der Waals surface area contributed by atoms with Crippen LogP contribution in [0.15, 0.2) is 36.4 Å². The van der Waals surface area contributed by atoms with Gasteiger partial charge in [0.1, 0.15) is 6.10 Å². The van der Waals surface area contributed by atoms with Crippen LogP contribution in [0.4, 0.5) is 5.69 Å². The molecule has 96 valence electrons. The summed E-state index contributed by atoms with van der Waals surface area (Å²) in [5, 5.41) is 21.7. The van der Waals surface area contributed by atoms with Crippen LogP contribution in [0.2, 0.25) is 0 Å². The summed E-state index contributed by atoms with van der Waals surface area (Å²) in [6.45, 7) is 0.350. The average Bonchev–Trinajstić information content (AvgIpc) is 2.37. The molecule has 2 aromatic carbocycles. The molecule has 0 saturated heterocycles. The van der Waals surface area contributed by atoms with Gasteiger partial charge in [-0.2, -0.15) is 0 Å². The first-order valence-corrected chi connectivity index (χ1v) is 5.97. The van der Waals surface area contributed by atoms with E-state index in [-0.39, 0.29) is 0 Å². The SMILES string of the molecule is NCCC(O)C(O)c1ccc2cc(N)ccc2c1. The topological polar surface area (TPSA) is 92.5 Å². The third-order valence-electron chi connectivity index (χ3n) is 3.06. The number of fused-ring (bicyclic) bond motifs is 1. The van der Waals surface area contributed by atoms with Gasteiger partial charge in [-0.25, -0.2) is 0 Å². The summed E-state index contributed by atoms with van der Waals surface area (Å²) in [5.74, 6) is 0. The van der Waals surface area contributed by atoms with Gasteiger partial charge in [-0.05, 0) is 47.5 Å². The largest absolute Gasteiger partial charge is 0.399 e. The van der Waals surface area contributed by atoms with E-state index in [1.54, 1.807) is 6.07 Å². The molecule has 0 aliphatic rings. The van der Waals surface area contributed by atoms with Gasteiger partial charge in [0.15, 0.2) is 0 Å². The minimum absolute atomic E-state index is 0.350. The van der Waals surface area contributed by atoms with Crippen molar-refractivity contribution >= 4 is 16.5 Å². The summed E-state index contributed by atoms with van der Waals surface area (Å²) < 4.78 is 0. The van der Waals surface area contributed by atoms with Gasteiger partial charge in [0.25, 0.3) is 0 Å². The molecule has 4 nitrogen and oxygen atoms in total. The van der Waals surface area contributed by atoms with Crippen molar-refractivity contribution in [3.05, 3.63) is 42.0 Å². The fourth-order valence-electron chi connectivity index (χ4n) is 2.02. The van der Waals surface area contributed by atoms with E-state index in [1.165, 1.54) is 0 Å². The number of nitrogen functional groups attached to an aromatic ring is 1. The van der Waals surface area contributed by atoms with Crippen LogP contribution >= 0.6 is 0 Å². The molecule has 0 aliphatic heterocycles. The molecule has 0 aliphatic carbocycles. The van der Waals surface area contributed by atoms with Crippen molar-refractivity contribution in [1.29, 1.82) is 0 Å². The maximum absolute atomic E-state index is 10.0. The highest BCUT2D eigenvalue weighted by atomic mass is 16.3. The van der Waals surface area contributed by atoms with E-state index in [9.17, 15) is 10.2 Å². The number of anilines is 1. The summed E-state index contributed by atoms with van der Waals surface area (Å²) in [6.07, 6.45) is -1.36. The van der Waals surface area contributed by atoms with Gasteiger partial charge in [0, 0.05) is 5.69 Å². The van der Waals surface area contributed by atoms with Crippen molar-refractivity contribution in [2.24, 2.45) is 5.73 Å². The third kappa shape index (κ3) is 2.61. The van der Waals surface area contributed by atoms with Gasteiger partial charge < -0.3 is 21.7 Å². The summed E-state index contributed by atoms with van der Waals surface area (Å²) >= 11 is 0. The monoisotopic (exact) mass is 246 g/mol. The van der Waals surface area contributed by atoms with Gasteiger partial charge in [0.05, 0.1) is 6.10 Å². The molecular weight excluding hydrogens is 228 g/mol.